The molecule has 0 radical (unpaired) electrons. The molecule has 1 unspecified atom stereocenters. The second-order valence-corrected chi connectivity index (χ2v) is 5.53. The number of hydrogen-bond acceptors (Lipinski definition) is 3. The molecule has 1 saturated heterocycles. The SMILES string of the molecule is CCNC(CCN1CCC(O)CC1)c1cccc(F)c1. The van der Waals surface area contributed by atoms with Crippen molar-refractivity contribution in [2.75, 3.05) is 26.2 Å². The monoisotopic (exact) mass is 280 g/mol. The van der Waals surface area contributed by atoms with Gasteiger partial charge in [0.25, 0.3) is 0 Å². The van der Waals surface area contributed by atoms with Crippen molar-refractivity contribution in [1.29, 1.82) is 0 Å². The van der Waals surface area contributed by atoms with Crippen molar-refractivity contribution in [2.45, 2.75) is 38.3 Å². The summed E-state index contributed by atoms with van der Waals surface area (Å²) >= 11 is 0. The summed E-state index contributed by atoms with van der Waals surface area (Å²) in [7, 11) is 0. The molecular weight excluding hydrogens is 255 g/mol. The number of aliphatic hydroxyl groups excluding tert-OH is 1. The summed E-state index contributed by atoms with van der Waals surface area (Å²) in [6.45, 7) is 5.86. The van der Waals surface area contributed by atoms with Crippen molar-refractivity contribution >= 4 is 0 Å². The Labute approximate surface area is 120 Å². The van der Waals surface area contributed by atoms with Gasteiger partial charge in [-0.1, -0.05) is 19.1 Å². The first-order valence-electron chi connectivity index (χ1n) is 7.58. The fourth-order valence-corrected chi connectivity index (χ4v) is 2.81. The van der Waals surface area contributed by atoms with E-state index in [4.69, 9.17) is 0 Å². The highest BCUT2D eigenvalue weighted by Gasteiger charge is 2.18. The molecule has 4 heteroatoms. The first kappa shape index (κ1) is 15.4. The summed E-state index contributed by atoms with van der Waals surface area (Å²) < 4.78 is 13.3. The van der Waals surface area contributed by atoms with Crippen LogP contribution < -0.4 is 5.32 Å². The van der Waals surface area contributed by atoms with Crippen LogP contribution in [0.3, 0.4) is 0 Å². The minimum absolute atomic E-state index is 0.126. The zero-order valence-corrected chi connectivity index (χ0v) is 12.2. The quantitative estimate of drug-likeness (QED) is 0.839. The van der Waals surface area contributed by atoms with Gasteiger partial charge in [-0.2, -0.15) is 0 Å². The standard InChI is InChI=1S/C16H25FN2O/c1-2-18-16(13-4-3-5-14(17)12-13)8-11-19-9-6-15(20)7-10-19/h3-5,12,15-16,18,20H,2,6-11H2,1H3. The second kappa shape index (κ2) is 7.72. The zero-order valence-electron chi connectivity index (χ0n) is 12.2. The Balaban J connectivity index is 1.89. The maximum atomic E-state index is 13.3. The van der Waals surface area contributed by atoms with Crippen molar-refractivity contribution in [3.05, 3.63) is 35.6 Å². The van der Waals surface area contributed by atoms with Crippen LogP contribution in [0.1, 0.15) is 37.8 Å². The molecule has 20 heavy (non-hydrogen) atoms. The van der Waals surface area contributed by atoms with Gasteiger partial charge in [-0.25, -0.2) is 4.39 Å². The molecule has 0 bridgehead atoms. The van der Waals surface area contributed by atoms with Crippen molar-refractivity contribution in [1.82, 2.24) is 10.2 Å². The lowest BCUT2D eigenvalue weighted by Gasteiger charge is -2.31. The van der Waals surface area contributed by atoms with E-state index < -0.39 is 0 Å². The molecule has 112 valence electrons. The fourth-order valence-electron chi connectivity index (χ4n) is 2.81. The van der Waals surface area contributed by atoms with E-state index in [1.807, 2.05) is 6.07 Å². The predicted octanol–water partition coefficient (Wildman–Crippen LogP) is 2.32. The van der Waals surface area contributed by atoms with Gasteiger partial charge < -0.3 is 15.3 Å². The maximum absolute atomic E-state index is 13.3. The Bertz CT molecular complexity index is 405. The van der Waals surface area contributed by atoms with Crippen molar-refractivity contribution in [3.63, 3.8) is 0 Å². The molecule has 0 aliphatic carbocycles. The number of halogens is 1. The molecule has 2 rings (SSSR count). The third kappa shape index (κ3) is 4.54. The number of nitrogens with zero attached hydrogens (tertiary/aromatic N) is 1. The van der Waals surface area contributed by atoms with Gasteiger partial charge in [0.2, 0.25) is 0 Å². The first-order valence-corrected chi connectivity index (χ1v) is 7.58. The summed E-state index contributed by atoms with van der Waals surface area (Å²) in [4.78, 5) is 2.39. The van der Waals surface area contributed by atoms with E-state index in [2.05, 4.69) is 17.1 Å². The van der Waals surface area contributed by atoms with Crippen LogP contribution in [0.2, 0.25) is 0 Å². The Kier molecular flexibility index (Phi) is 5.95. The second-order valence-electron chi connectivity index (χ2n) is 5.53. The van der Waals surface area contributed by atoms with Gasteiger partial charge in [0.05, 0.1) is 6.10 Å². The Morgan fingerprint density at radius 3 is 2.80 bits per heavy atom. The topological polar surface area (TPSA) is 35.5 Å². The molecule has 0 spiro atoms. The first-order chi connectivity index (χ1) is 9.69. The highest BCUT2D eigenvalue weighted by Crippen LogP contribution is 2.19. The molecule has 1 aliphatic heterocycles. The maximum Gasteiger partial charge on any atom is 0.123 e. The van der Waals surface area contributed by atoms with Gasteiger partial charge in [0, 0.05) is 19.1 Å². The number of nitrogens with one attached hydrogen (secondary N) is 1. The minimum Gasteiger partial charge on any atom is -0.393 e. The average molecular weight is 280 g/mol. The van der Waals surface area contributed by atoms with Gasteiger partial charge >= 0.3 is 0 Å². The van der Waals surface area contributed by atoms with Crippen LogP contribution in [0.4, 0.5) is 4.39 Å². The summed E-state index contributed by atoms with van der Waals surface area (Å²) in [6.07, 6.45) is 2.57. The minimum atomic E-state index is -0.175. The molecule has 1 atom stereocenters. The number of rotatable bonds is 6. The summed E-state index contributed by atoms with van der Waals surface area (Å²) in [5, 5.41) is 12.9. The highest BCUT2D eigenvalue weighted by atomic mass is 19.1. The molecule has 1 aromatic rings. The van der Waals surface area contributed by atoms with Crippen molar-refractivity contribution in [3.8, 4) is 0 Å². The Morgan fingerprint density at radius 2 is 2.15 bits per heavy atom. The zero-order chi connectivity index (χ0) is 14.4. The number of hydrogen-bond donors (Lipinski definition) is 2. The lowest BCUT2D eigenvalue weighted by molar-refractivity contribution is 0.0806. The molecule has 1 aromatic carbocycles. The van der Waals surface area contributed by atoms with Gasteiger partial charge in [-0.15, -0.1) is 0 Å². The third-order valence-electron chi connectivity index (χ3n) is 3.99. The molecule has 3 nitrogen and oxygen atoms in total. The summed E-state index contributed by atoms with van der Waals surface area (Å²) in [5.41, 5.74) is 1.02. The van der Waals surface area contributed by atoms with E-state index >= 15 is 0 Å². The van der Waals surface area contributed by atoms with Gasteiger partial charge in [0.1, 0.15) is 5.82 Å². The van der Waals surface area contributed by atoms with E-state index in [0.29, 0.717) is 0 Å². The predicted molar refractivity (Wildman–Crippen MR) is 79.1 cm³/mol. The van der Waals surface area contributed by atoms with Crippen LogP contribution in [-0.4, -0.2) is 42.3 Å². The van der Waals surface area contributed by atoms with Crippen molar-refractivity contribution in [2.24, 2.45) is 0 Å². The van der Waals surface area contributed by atoms with E-state index in [-0.39, 0.29) is 18.0 Å². The Morgan fingerprint density at radius 1 is 1.40 bits per heavy atom. The lowest BCUT2D eigenvalue weighted by Crippen LogP contribution is -2.37. The van der Waals surface area contributed by atoms with Crippen LogP contribution in [0.25, 0.3) is 0 Å². The summed E-state index contributed by atoms with van der Waals surface area (Å²) in [6, 6.07) is 7.05. The van der Waals surface area contributed by atoms with Gasteiger partial charge in [-0.3, -0.25) is 0 Å². The van der Waals surface area contributed by atoms with E-state index in [9.17, 15) is 9.50 Å². The van der Waals surface area contributed by atoms with E-state index in [0.717, 1.165) is 51.0 Å². The summed E-state index contributed by atoms with van der Waals surface area (Å²) in [5.74, 6) is -0.175. The van der Waals surface area contributed by atoms with Crippen LogP contribution in [0, 0.1) is 5.82 Å². The highest BCUT2D eigenvalue weighted by molar-refractivity contribution is 5.20. The van der Waals surface area contributed by atoms with E-state index in [1.54, 1.807) is 12.1 Å². The average Bonchev–Trinajstić information content (AvgIpc) is 2.45. The molecule has 0 aromatic heterocycles. The van der Waals surface area contributed by atoms with Crippen LogP contribution in [0.15, 0.2) is 24.3 Å². The van der Waals surface area contributed by atoms with Gasteiger partial charge in [-0.05, 0) is 50.0 Å². The third-order valence-corrected chi connectivity index (χ3v) is 3.99. The molecule has 1 aliphatic rings. The molecular formula is C16H25FN2O. The molecule has 1 heterocycles. The lowest BCUT2D eigenvalue weighted by atomic mass is 10.0. The van der Waals surface area contributed by atoms with Crippen LogP contribution >= 0.6 is 0 Å². The van der Waals surface area contributed by atoms with Crippen LogP contribution in [0.5, 0.6) is 0 Å². The Hall–Kier alpha value is -0.970. The number of benzene rings is 1. The van der Waals surface area contributed by atoms with E-state index in [1.165, 1.54) is 6.07 Å². The molecule has 2 N–H and O–H groups in total. The number of piperidine rings is 1. The normalized spacial score (nSPS) is 19.1. The number of aliphatic hydroxyl groups is 1. The fraction of sp³-hybridized carbons (Fsp3) is 0.625. The van der Waals surface area contributed by atoms with Gasteiger partial charge in [0.15, 0.2) is 0 Å². The van der Waals surface area contributed by atoms with Crippen molar-refractivity contribution < 1.29 is 9.50 Å². The number of likely N-dealkylation sites (tertiary alicyclic amines) is 1. The molecule has 1 fully saturated rings. The largest absolute Gasteiger partial charge is 0.393 e. The smallest absolute Gasteiger partial charge is 0.123 e. The van der Waals surface area contributed by atoms with Crippen LogP contribution in [-0.2, 0) is 0 Å². The molecule has 0 amide bonds. The molecule has 0 saturated carbocycles.